The molecule has 0 aliphatic rings. The number of hydrogen-bond acceptors (Lipinski definition) is 4. The predicted octanol–water partition coefficient (Wildman–Crippen LogP) is 4.51. The van der Waals surface area contributed by atoms with E-state index in [9.17, 15) is 27.6 Å². The number of hydrogen-bond donors (Lipinski definition) is 1. The molecule has 0 bridgehead atoms. The van der Waals surface area contributed by atoms with Gasteiger partial charge in [0.05, 0.1) is 12.3 Å². The van der Waals surface area contributed by atoms with Crippen LogP contribution < -0.4 is 14.8 Å². The molecule has 0 unspecified atom stereocenters. The average Bonchev–Trinajstić information content (AvgIpc) is 2.64. The largest absolute Gasteiger partial charge is 0.490 e. The molecule has 1 N–H and O–H groups in total. The Bertz CT molecular complexity index is 939. The van der Waals surface area contributed by atoms with Crippen LogP contribution in [0.5, 0.6) is 11.5 Å². The Labute approximate surface area is 157 Å². The van der Waals surface area contributed by atoms with Gasteiger partial charge in [-0.25, -0.2) is 8.78 Å². The lowest BCUT2D eigenvalue weighted by Gasteiger charge is -2.14. The number of nitrogens with zero attached hydrogens (tertiary/aromatic N) is 1. The molecule has 2 rings (SSSR count). The molecular weight excluding hydrogens is 380 g/mol. The highest BCUT2D eigenvalue weighted by Gasteiger charge is 2.18. The van der Waals surface area contributed by atoms with E-state index in [2.05, 4.69) is 10.1 Å². The van der Waals surface area contributed by atoms with Gasteiger partial charge in [0.25, 0.3) is 5.91 Å². The Morgan fingerprint density at radius 1 is 1.29 bits per heavy atom. The van der Waals surface area contributed by atoms with E-state index in [-0.39, 0.29) is 29.4 Å². The number of halogens is 4. The summed E-state index contributed by atoms with van der Waals surface area (Å²) in [5.74, 6) is -3.25. The Hall–Kier alpha value is -3.54. The zero-order valence-corrected chi connectivity index (χ0v) is 14.5. The number of anilines is 1. The standard InChI is InChI=1S/C19H14F4N2O3/c1-2-27-16-5-3-4-11(17(16)28-19(22)23)8-12(10-24)18(26)25-15-7-6-13(20)9-14(15)21/h3-9,19H,2H2,1H3,(H,25,26)/b12-8+. The van der Waals surface area contributed by atoms with Crippen molar-refractivity contribution in [2.75, 3.05) is 11.9 Å². The van der Waals surface area contributed by atoms with Crippen LogP contribution in [0.25, 0.3) is 6.08 Å². The summed E-state index contributed by atoms with van der Waals surface area (Å²) in [6.45, 7) is -1.36. The molecule has 0 aromatic heterocycles. The summed E-state index contributed by atoms with van der Waals surface area (Å²) in [5.41, 5.74) is -0.881. The topological polar surface area (TPSA) is 71.3 Å². The number of nitriles is 1. The second kappa shape index (κ2) is 9.41. The van der Waals surface area contributed by atoms with Crippen molar-refractivity contribution in [3.63, 3.8) is 0 Å². The summed E-state index contributed by atoms with van der Waals surface area (Å²) in [6.07, 6.45) is 0.997. The summed E-state index contributed by atoms with van der Waals surface area (Å²) < 4.78 is 61.8. The average molecular weight is 394 g/mol. The fraction of sp³-hybridized carbons (Fsp3) is 0.158. The first-order chi connectivity index (χ1) is 13.3. The molecular formula is C19H14F4N2O3. The maximum Gasteiger partial charge on any atom is 0.387 e. The van der Waals surface area contributed by atoms with Crippen molar-refractivity contribution >= 4 is 17.7 Å². The minimum Gasteiger partial charge on any atom is -0.490 e. The maximum absolute atomic E-state index is 13.7. The molecule has 9 heteroatoms. The number of alkyl halides is 2. The molecule has 0 spiro atoms. The molecule has 1 amide bonds. The smallest absolute Gasteiger partial charge is 0.387 e. The van der Waals surface area contributed by atoms with E-state index < -0.39 is 29.7 Å². The SMILES string of the molecule is CCOc1cccc(/C=C(\C#N)C(=O)Nc2ccc(F)cc2F)c1OC(F)F. The van der Waals surface area contributed by atoms with Crippen molar-refractivity contribution in [2.45, 2.75) is 13.5 Å². The quantitative estimate of drug-likeness (QED) is 0.426. The fourth-order valence-electron chi connectivity index (χ4n) is 2.22. The molecule has 146 valence electrons. The summed E-state index contributed by atoms with van der Waals surface area (Å²) in [5, 5.41) is 11.4. The molecule has 0 heterocycles. The zero-order valence-electron chi connectivity index (χ0n) is 14.5. The molecule has 0 saturated heterocycles. The van der Waals surface area contributed by atoms with Gasteiger partial charge in [0.2, 0.25) is 0 Å². The summed E-state index contributed by atoms with van der Waals surface area (Å²) >= 11 is 0. The van der Waals surface area contributed by atoms with Crippen LogP contribution in [-0.4, -0.2) is 19.1 Å². The fourth-order valence-corrected chi connectivity index (χ4v) is 2.22. The van der Waals surface area contributed by atoms with Crippen LogP contribution in [0.3, 0.4) is 0 Å². The van der Waals surface area contributed by atoms with E-state index in [1.54, 1.807) is 13.0 Å². The minimum atomic E-state index is -3.17. The Morgan fingerprint density at radius 2 is 2.04 bits per heavy atom. The van der Waals surface area contributed by atoms with Crippen molar-refractivity contribution in [2.24, 2.45) is 0 Å². The van der Waals surface area contributed by atoms with Crippen LogP contribution >= 0.6 is 0 Å². The number of carbonyl (C=O) groups excluding carboxylic acids is 1. The minimum absolute atomic E-state index is 0.00109. The molecule has 0 aliphatic heterocycles. The first-order valence-electron chi connectivity index (χ1n) is 7.94. The van der Waals surface area contributed by atoms with Crippen LogP contribution in [-0.2, 0) is 4.79 Å². The van der Waals surface area contributed by atoms with Crippen molar-refractivity contribution in [1.29, 1.82) is 5.26 Å². The molecule has 5 nitrogen and oxygen atoms in total. The van der Waals surface area contributed by atoms with Crippen LogP contribution in [0.2, 0.25) is 0 Å². The van der Waals surface area contributed by atoms with Gasteiger partial charge in [-0.15, -0.1) is 0 Å². The van der Waals surface area contributed by atoms with E-state index in [1.807, 2.05) is 0 Å². The first-order valence-corrected chi connectivity index (χ1v) is 7.94. The second-order valence-corrected chi connectivity index (χ2v) is 5.23. The van der Waals surface area contributed by atoms with E-state index in [0.29, 0.717) is 6.07 Å². The third-order valence-corrected chi connectivity index (χ3v) is 3.36. The van der Waals surface area contributed by atoms with Gasteiger partial charge in [-0.05, 0) is 31.2 Å². The van der Waals surface area contributed by atoms with Gasteiger partial charge in [-0.3, -0.25) is 4.79 Å². The molecule has 28 heavy (non-hydrogen) atoms. The third kappa shape index (κ3) is 5.23. The monoisotopic (exact) mass is 394 g/mol. The summed E-state index contributed by atoms with van der Waals surface area (Å²) in [4.78, 5) is 12.2. The Morgan fingerprint density at radius 3 is 2.64 bits per heavy atom. The molecule has 0 saturated carbocycles. The van der Waals surface area contributed by atoms with Crippen molar-refractivity contribution in [3.8, 4) is 17.6 Å². The summed E-state index contributed by atoms with van der Waals surface area (Å²) in [6, 6.07) is 8.26. The molecule has 2 aromatic rings. The zero-order chi connectivity index (χ0) is 20.7. The number of amides is 1. The highest BCUT2D eigenvalue weighted by atomic mass is 19.3. The van der Waals surface area contributed by atoms with E-state index in [4.69, 9.17) is 4.74 Å². The van der Waals surface area contributed by atoms with Crippen molar-refractivity contribution < 1.29 is 31.8 Å². The molecule has 0 radical (unpaired) electrons. The number of benzene rings is 2. The Kier molecular flexibility index (Phi) is 6.98. The van der Waals surface area contributed by atoms with E-state index in [0.717, 1.165) is 18.2 Å². The number of carbonyl (C=O) groups is 1. The van der Waals surface area contributed by atoms with Crippen molar-refractivity contribution in [3.05, 3.63) is 59.2 Å². The number of rotatable bonds is 7. The highest BCUT2D eigenvalue weighted by molar-refractivity contribution is 6.09. The molecule has 0 atom stereocenters. The Balaban J connectivity index is 2.39. The van der Waals surface area contributed by atoms with Gasteiger partial charge >= 0.3 is 6.61 Å². The van der Waals surface area contributed by atoms with Gasteiger partial charge in [0, 0.05) is 11.6 Å². The number of ether oxygens (including phenoxy) is 2. The molecule has 0 fully saturated rings. The van der Waals surface area contributed by atoms with E-state index in [1.165, 1.54) is 18.2 Å². The van der Waals surface area contributed by atoms with Gasteiger partial charge in [-0.2, -0.15) is 14.0 Å². The maximum atomic E-state index is 13.7. The van der Waals surface area contributed by atoms with E-state index >= 15 is 0 Å². The lowest BCUT2D eigenvalue weighted by Crippen LogP contribution is -2.14. The normalized spacial score (nSPS) is 11.1. The van der Waals surface area contributed by atoms with Gasteiger partial charge in [-0.1, -0.05) is 12.1 Å². The first kappa shape index (κ1) is 20.8. The van der Waals surface area contributed by atoms with Gasteiger partial charge in [0.15, 0.2) is 11.5 Å². The second-order valence-electron chi connectivity index (χ2n) is 5.23. The van der Waals surface area contributed by atoms with Crippen LogP contribution in [0.1, 0.15) is 12.5 Å². The highest BCUT2D eigenvalue weighted by Crippen LogP contribution is 2.34. The van der Waals surface area contributed by atoms with Crippen LogP contribution in [0.4, 0.5) is 23.2 Å². The van der Waals surface area contributed by atoms with Gasteiger partial charge < -0.3 is 14.8 Å². The van der Waals surface area contributed by atoms with Gasteiger partial charge in [0.1, 0.15) is 23.3 Å². The molecule has 2 aromatic carbocycles. The van der Waals surface area contributed by atoms with Crippen LogP contribution in [0, 0.1) is 23.0 Å². The van der Waals surface area contributed by atoms with Crippen LogP contribution in [0.15, 0.2) is 42.0 Å². The lowest BCUT2D eigenvalue weighted by molar-refractivity contribution is -0.112. The number of para-hydroxylation sites is 1. The lowest BCUT2D eigenvalue weighted by atomic mass is 10.1. The number of nitrogens with one attached hydrogen (secondary N) is 1. The van der Waals surface area contributed by atoms with Crippen molar-refractivity contribution in [1.82, 2.24) is 0 Å². The molecule has 0 aliphatic carbocycles. The third-order valence-electron chi connectivity index (χ3n) is 3.36. The predicted molar refractivity (Wildman–Crippen MR) is 92.8 cm³/mol. The summed E-state index contributed by atoms with van der Waals surface area (Å²) in [7, 11) is 0.